The first-order valence-corrected chi connectivity index (χ1v) is 11.6. The summed E-state index contributed by atoms with van der Waals surface area (Å²) < 4.78 is 29.1. The minimum Gasteiger partial charge on any atom is -0.411 e. The van der Waals surface area contributed by atoms with Gasteiger partial charge in [0, 0.05) is 18.2 Å². The molecule has 0 spiro atoms. The topological polar surface area (TPSA) is 104 Å². The minimum atomic E-state index is -0.727. The second kappa shape index (κ2) is 10.7. The highest BCUT2D eigenvalue weighted by Crippen LogP contribution is 2.20. The third kappa shape index (κ3) is 5.54. The molecule has 4 rings (SSSR count). The Morgan fingerprint density at radius 1 is 1.23 bits per heavy atom. The molecule has 35 heavy (non-hydrogen) atoms. The van der Waals surface area contributed by atoms with E-state index in [0.717, 1.165) is 32.0 Å². The zero-order valence-electron chi connectivity index (χ0n) is 19.7. The number of rotatable bonds is 7. The normalized spacial score (nSPS) is 15.5. The predicted octanol–water partition coefficient (Wildman–Crippen LogP) is 3.78. The Labute approximate surface area is 201 Å². The SMILES string of the molecule is C/C=C(/C(C)=N\O)c1ccc2nc(NCC3CCNCC3)c(=O)n(Cc3cc(F)cc(F)c3)c2n1. The average molecular weight is 483 g/mol. The number of allylic oxidation sites excluding steroid dienone is 2. The molecule has 0 saturated carbocycles. The van der Waals surface area contributed by atoms with Gasteiger partial charge in [-0.3, -0.25) is 9.36 Å². The van der Waals surface area contributed by atoms with Crippen LogP contribution in [0.1, 0.15) is 37.9 Å². The molecule has 1 aromatic carbocycles. The Hall–Kier alpha value is -3.66. The number of piperidine rings is 1. The molecule has 10 heteroatoms. The number of aromatic nitrogens is 3. The van der Waals surface area contributed by atoms with E-state index < -0.39 is 17.2 Å². The van der Waals surface area contributed by atoms with E-state index in [0.29, 0.717) is 35.0 Å². The van der Waals surface area contributed by atoms with Crippen molar-refractivity contribution in [2.24, 2.45) is 11.1 Å². The number of anilines is 1. The van der Waals surface area contributed by atoms with E-state index in [2.05, 4.69) is 25.8 Å². The van der Waals surface area contributed by atoms with Gasteiger partial charge in [-0.2, -0.15) is 0 Å². The molecule has 3 heterocycles. The van der Waals surface area contributed by atoms with Crippen LogP contribution in [0.3, 0.4) is 0 Å². The van der Waals surface area contributed by atoms with Gasteiger partial charge in [0.15, 0.2) is 11.5 Å². The van der Waals surface area contributed by atoms with Gasteiger partial charge in [-0.1, -0.05) is 11.2 Å². The van der Waals surface area contributed by atoms with Crippen molar-refractivity contribution in [3.63, 3.8) is 0 Å². The standard InChI is InChI=1S/C25H28F2N6O2/c1-3-20(15(2)32-35)21-4-5-22-24(31-21)33(14-17-10-18(26)12-19(27)11-17)25(34)23(30-22)29-13-16-6-8-28-9-7-16/h3-5,10-12,16,28,35H,6-9,13-14H2,1-2H3,(H,29,30)/b20-3-,32-15-. The molecule has 0 radical (unpaired) electrons. The highest BCUT2D eigenvalue weighted by atomic mass is 19.1. The van der Waals surface area contributed by atoms with Crippen LogP contribution in [0.2, 0.25) is 0 Å². The number of fused-ring (bicyclic) bond motifs is 1. The lowest BCUT2D eigenvalue weighted by Crippen LogP contribution is -2.33. The third-order valence-corrected chi connectivity index (χ3v) is 6.17. The Morgan fingerprint density at radius 2 is 1.94 bits per heavy atom. The molecule has 0 amide bonds. The van der Waals surface area contributed by atoms with Crippen molar-refractivity contribution in [2.75, 3.05) is 25.0 Å². The summed E-state index contributed by atoms with van der Waals surface area (Å²) in [5.74, 6) is -0.871. The van der Waals surface area contributed by atoms with Gasteiger partial charge in [-0.05, 0) is 75.5 Å². The fourth-order valence-corrected chi connectivity index (χ4v) is 4.34. The Morgan fingerprint density at radius 3 is 2.60 bits per heavy atom. The molecule has 2 aromatic heterocycles. The lowest BCUT2D eigenvalue weighted by atomic mass is 9.98. The first-order valence-electron chi connectivity index (χ1n) is 11.6. The summed E-state index contributed by atoms with van der Waals surface area (Å²) in [5.41, 5.74) is 1.98. The minimum absolute atomic E-state index is 0.0940. The number of hydrogen-bond donors (Lipinski definition) is 3. The van der Waals surface area contributed by atoms with Gasteiger partial charge in [0.1, 0.15) is 17.2 Å². The van der Waals surface area contributed by atoms with Crippen molar-refractivity contribution in [1.29, 1.82) is 0 Å². The van der Waals surface area contributed by atoms with Gasteiger partial charge in [-0.15, -0.1) is 0 Å². The molecule has 1 aliphatic heterocycles. The number of nitrogens with one attached hydrogen (secondary N) is 2. The average Bonchev–Trinajstić information content (AvgIpc) is 2.85. The maximum Gasteiger partial charge on any atom is 0.295 e. The number of pyridine rings is 1. The lowest BCUT2D eigenvalue weighted by molar-refractivity contribution is 0.319. The van der Waals surface area contributed by atoms with Gasteiger partial charge in [0.05, 0.1) is 18.0 Å². The second-order valence-corrected chi connectivity index (χ2v) is 8.63. The molecule has 1 saturated heterocycles. The van der Waals surface area contributed by atoms with Gasteiger partial charge in [0.25, 0.3) is 5.56 Å². The Bertz CT molecular complexity index is 1330. The van der Waals surface area contributed by atoms with Crippen LogP contribution < -0.4 is 16.2 Å². The fourth-order valence-electron chi connectivity index (χ4n) is 4.34. The zero-order chi connectivity index (χ0) is 24.9. The van der Waals surface area contributed by atoms with Crippen molar-refractivity contribution in [3.8, 4) is 0 Å². The summed E-state index contributed by atoms with van der Waals surface area (Å²) in [6.45, 7) is 5.79. The number of benzene rings is 1. The molecule has 3 N–H and O–H groups in total. The van der Waals surface area contributed by atoms with E-state index in [9.17, 15) is 18.8 Å². The van der Waals surface area contributed by atoms with Crippen LogP contribution in [0, 0.1) is 17.6 Å². The summed E-state index contributed by atoms with van der Waals surface area (Å²) in [5, 5.41) is 19.0. The number of halogens is 2. The molecule has 0 aliphatic carbocycles. The van der Waals surface area contributed by atoms with Gasteiger partial charge in [0.2, 0.25) is 0 Å². The molecule has 1 fully saturated rings. The number of nitrogens with zero attached hydrogens (tertiary/aromatic N) is 4. The van der Waals surface area contributed by atoms with Crippen LogP contribution in [-0.4, -0.2) is 45.1 Å². The molecular formula is C25H28F2N6O2. The molecule has 184 valence electrons. The maximum absolute atomic E-state index is 13.9. The monoisotopic (exact) mass is 482 g/mol. The first kappa shape index (κ1) is 24.5. The zero-order valence-corrected chi connectivity index (χ0v) is 19.7. The van der Waals surface area contributed by atoms with E-state index in [-0.39, 0.29) is 23.6 Å². The summed E-state index contributed by atoms with van der Waals surface area (Å²) in [6, 6.07) is 6.62. The lowest BCUT2D eigenvalue weighted by Gasteiger charge is -2.23. The smallest absolute Gasteiger partial charge is 0.295 e. The van der Waals surface area contributed by atoms with Crippen LogP contribution in [0.25, 0.3) is 16.7 Å². The Balaban J connectivity index is 1.81. The highest BCUT2D eigenvalue weighted by Gasteiger charge is 2.18. The van der Waals surface area contributed by atoms with E-state index in [1.54, 1.807) is 32.1 Å². The second-order valence-electron chi connectivity index (χ2n) is 8.63. The number of oxime groups is 1. The molecule has 0 unspecified atom stereocenters. The van der Waals surface area contributed by atoms with E-state index in [1.807, 2.05) is 0 Å². The Kier molecular flexibility index (Phi) is 7.50. The van der Waals surface area contributed by atoms with E-state index in [4.69, 9.17) is 0 Å². The van der Waals surface area contributed by atoms with Crippen molar-refractivity contribution < 1.29 is 14.0 Å². The van der Waals surface area contributed by atoms with Crippen molar-refractivity contribution >= 4 is 28.3 Å². The molecular weight excluding hydrogens is 454 g/mol. The molecule has 3 aromatic rings. The summed E-state index contributed by atoms with van der Waals surface area (Å²) in [7, 11) is 0. The highest BCUT2D eigenvalue weighted by molar-refractivity contribution is 6.22. The maximum atomic E-state index is 13.9. The fraction of sp³-hybridized carbons (Fsp3) is 0.360. The van der Waals surface area contributed by atoms with Crippen molar-refractivity contribution in [3.05, 3.63) is 69.7 Å². The summed E-state index contributed by atoms with van der Waals surface area (Å²) in [6.07, 6.45) is 3.75. The predicted molar refractivity (Wildman–Crippen MR) is 132 cm³/mol. The molecule has 0 bridgehead atoms. The van der Waals surface area contributed by atoms with Crippen LogP contribution in [-0.2, 0) is 6.54 Å². The van der Waals surface area contributed by atoms with Crippen molar-refractivity contribution in [1.82, 2.24) is 19.9 Å². The van der Waals surface area contributed by atoms with Gasteiger partial charge in [-0.25, -0.2) is 18.7 Å². The quantitative estimate of drug-likeness (QED) is 0.269. The van der Waals surface area contributed by atoms with Gasteiger partial charge >= 0.3 is 0 Å². The number of hydrogen-bond acceptors (Lipinski definition) is 7. The van der Waals surface area contributed by atoms with E-state index in [1.165, 1.54) is 16.7 Å². The summed E-state index contributed by atoms with van der Waals surface area (Å²) >= 11 is 0. The molecule has 8 nitrogen and oxygen atoms in total. The van der Waals surface area contributed by atoms with Gasteiger partial charge < -0.3 is 15.8 Å². The van der Waals surface area contributed by atoms with Crippen molar-refractivity contribution in [2.45, 2.75) is 33.2 Å². The largest absolute Gasteiger partial charge is 0.411 e. The summed E-state index contributed by atoms with van der Waals surface area (Å²) in [4.78, 5) is 22.6. The molecule has 0 atom stereocenters. The third-order valence-electron chi connectivity index (χ3n) is 6.17. The molecule has 1 aliphatic rings. The van der Waals surface area contributed by atoms with E-state index >= 15 is 0 Å². The van der Waals surface area contributed by atoms with Crippen LogP contribution in [0.5, 0.6) is 0 Å². The van der Waals surface area contributed by atoms with Crippen LogP contribution in [0.15, 0.2) is 46.4 Å². The van der Waals surface area contributed by atoms with Crippen LogP contribution in [0.4, 0.5) is 14.6 Å². The van der Waals surface area contributed by atoms with Crippen LogP contribution >= 0.6 is 0 Å². The first-order chi connectivity index (χ1) is 16.9.